The molecule has 1 unspecified atom stereocenters. The number of benzene rings is 1. The highest BCUT2D eigenvalue weighted by Gasteiger charge is 2.14. The Morgan fingerprint density at radius 1 is 1.18 bits per heavy atom. The minimum atomic E-state index is -0.132. The van der Waals surface area contributed by atoms with Gasteiger partial charge in [0.05, 0.1) is 0 Å². The van der Waals surface area contributed by atoms with Crippen molar-refractivity contribution in [1.82, 2.24) is 5.32 Å². The first kappa shape index (κ1) is 16.7. The number of fused-ring (bicyclic) bond motifs is 1. The number of aryl methyl sites for hydroxylation is 2. The number of hydrogen-bond donors (Lipinski definition) is 2. The molecule has 0 radical (unpaired) electrons. The lowest BCUT2D eigenvalue weighted by molar-refractivity contribution is -0.121. The van der Waals surface area contributed by atoms with Gasteiger partial charge in [0.1, 0.15) is 0 Å². The van der Waals surface area contributed by atoms with Gasteiger partial charge in [0.25, 0.3) is 0 Å². The van der Waals surface area contributed by atoms with Gasteiger partial charge in [-0.2, -0.15) is 0 Å². The molecular formula is C18H25NO3. The van der Waals surface area contributed by atoms with E-state index in [1.807, 2.05) is 19.1 Å². The summed E-state index contributed by atoms with van der Waals surface area (Å²) in [7, 11) is 0. The van der Waals surface area contributed by atoms with Gasteiger partial charge in [0.2, 0.25) is 5.91 Å². The van der Waals surface area contributed by atoms with Gasteiger partial charge in [-0.05, 0) is 56.2 Å². The van der Waals surface area contributed by atoms with Crippen molar-refractivity contribution in [1.29, 1.82) is 0 Å². The molecule has 0 saturated heterocycles. The Kier molecular flexibility index (Phi) is 6.13. The van der Waals surface area contributed by atoms with Crippen molar-refractivity contribution in [2.24, 2.45) is 0 Å². The van der Waals surface area contributed by atoms with Crippen LogP contribution in [0.25, 0.3) is 0 Å². The molecule has 1 aliphatic rings. The van der Waals surface area contributed by atoms with Crippen LogP contribution in [0.3, 0.4) is 0 Å². The Balaban J connectivity index is 1.86. The minimum absolute atomic E-state index is 0.0262. The fourth-order valence-electron chi connectivity index (χ4n) is 2.89. The Morgan fingerprint density at radius 2 is 1.91 bits per heavy atom. The first-order chi connectivity index (χ1) is 10.6. The van der Waals surface area contributed by atoms with Crippen LogP contribution < -0.4 is 5.32 Å². The lowest BCUT2D eigenvalue weighted by Gasteiger charge is -2.16. The van der Waals surface area contributed by atoms with Gasteiger partial charge < -0.3 is 10.4 Å². The average molecular weight is 303 g/mol. The summed E-state index contributed by atoms with van der Waals surface area (Å²) in [5.74, 6) is -0.106. The molecule has 0 heterocycles. The Bertz CT molecular complexity index is 539. The average Bonchev–Trinajstić information content (AvgIpc) is 2.52. The predicted molar refractivity (Wildman–Crippen MR) is 86.0 cm³/mol. The quantitative estimate of drug-likeness (QED) is 0.760. The van der Waals surface area contributed by atoms with Crippen molar-refractivity contribution in [3.63, 3.8) is 0 Å². The van der Waals surface area contributed by atoms with Crippen molar-refractivity contribution in [3.05, 3.63) is 34.9 Å². The van der Waals surface area contributed by atoms with Crippen LogP contribution in [0.1, 0.15) is 60.5 Å². The SMILES string of the molecule is CC(CCO)NC(=O)CCC(=O)c1ccc2c(c1)CCCC2. The third-order valence-corrected chi connectivity index (χ3v) is 4.22. The summed E-state index contributed by atoms with van der Waals surface area (Å²) in [5.41, 5.74) is 3.37. The number of Topliss-reactive ketones (excluding diaryl/α,β-unsaturated/α-hetero) is 1. The van der Waals surface area contributed by atoms with Crippen molar-refractivity contribution in [2.75, 3.05) is 6.61 Å². The molecule has 0 aromatic heterocycles. The summed E-state index contributed by atoms with van der Waals surface area (Å²) >= 11 is 0. The second kappa shape index (κ2) is 8.08. The van der Waals surface area contributed by atoms with Gasteiger partial charge in [-0.3, -0.25) is 9.59 Å². The smallest absolute Gasteiger partial charge is 0.220 e. The van der Waals surface area contributed by atoms with Crippen LogP contribution in [0.2, 0.25) is 0 Å². The molecule has 0 bridgehead atoms. The zero-order valence-corrected chi connectivity index (χ0v) is 13.2. The second-order valence-corrected chi connectivity index (χ2v) is 6.09. The van der Waals surface area contributed by atoms with Gasteiger partial charge in [-0.1, -0.05) is 12.1 Å². The third kappa shape index (κ3) is 4.67. The van der Waals surface area contributed by atoms with Crippen LogP contribution >= 0.6 is 0 Å². The third-order valence-electron chi connectivity index (χ3n) is 4.22. The van der Waals surface area contributed by atoms with Crippen LogP contribution in [0.5, 0.6) is 0 Å². The van der Waals surface area contributed by atoms with E-state index >= 15 is 0 Å². The summed E-state index contributed by atoms with van der Waals surface area (Å²) < 4.78 is 0. The highest BCUT2D eigenvalue weighted by molar-refractivity contribution is 5.98. The molecule has 1 aliphatic carbocycles. The molecule has 4 heteroatoms. The topological polar surface area (TPSA) is 66.4 Å². The Hall–Kier alpha value is -1.68. The Labute approximate surface area is 131 Å². The zero-order valence-electron chi connectivity index (χ0n) is 13.2. The molecule has 0 aliphatic heterocycles. The maximum atomic E-state index is 12.2. The molecule has 120 valence electrons. The molecule has 0 spiro atoms. The zero-order chi connectivity index (χ0) is 15.9. The molecule has 1 aromatic carbocycles. The van der Waals surface area contributed by atoms with E-state index in [0.717, 1.165) is 18.4 Å². The van der Waals surface area contributed by atoms with Crippen molar-refractivity contribution in [3.8, 4) is 0 Å². The number of carbonyl (C=O) groups is 2. The number of ketones is 1. The number of hydrogen-bond acceptors (Lipinski definition) is 3. The van der Waals surface area contributed by atoms with Crippen LogP contribution in [-0.4, -0.2) is 29.4 Å². The predicted octanol–water partition coefficient (Wildman–Crippen LogP) is 2.42. The number of nitrogens with one attached hydrogen (secondary N) is 1. The molecule has 22 heavy (non-hydrogen) atoms. The van der Waals surface area contributed by atoms with Gasteiger partial charge in [0.15, 0.2) is 5.78 Å². The number of amides is 1. The lowest BCUT2D eigenvalue weighted by Crippen LogP contribution is -2.33. The molecule has 2 N–H and O–H groups in total. The monoisotopic (exact) mass is 303 g/mol. The summed E-state index contributed by atoms with van der Waals surface area (Å²) in [6.45, 7) is 1.90. The minimum Gasteiger partial charge on any atom is -0.396 e. The van der Waals surface area contributed by atoms with Crippen LogP contribution in [0.4, 0.5) is 0 Å². The lowest BCUT2D eigenvalue weighted by atomic mass is 9.89. The number of rotatable bonds is 7. The molecule has 1 amide bonds. The van der Waals surface area contributed by atoms with Gasteiger partial charge >= 0.3 is 0 Å². The molecule has 1 aromatic rings. The Morgan fingerprint density at radius 3 is 2.64 bits per heavy atom. The normalized spacial score (nSPS) is 15.0. The van der Waals surface area contributed by atoms with Crippen molar-refractivity contribution in [2.45, 2.75) is 57.9 Å². The maximum absolute atomic E-state index is 12.2. The number of carbonyl (C=O) groups excluding carboxylic acids is 2. The maximum Gasteiger partial charge on any atom is 0.220 e. The second-order valence-electron chi connectivity index (χ2n) is 6.09. The van der Waals surface area contributed by atoms with Crippen LogP contribution in [-0.2, 0) is 17.6 Å². The van der Waals surface area contributed by atoms with Gasteiger partial charge in [-0.25, -0.2) is 0 Å². The fraction of sp³-hybridized carbons (Fsp3) is 0.556. The van der Waals surface area contributed by atoms with E-state index in [1.165, 1.54) is 24.0 Å². The number of aliphatic hydroxyl groups is 1. The van der Waals surface area contributed by atoms with Crippen LogP contribution in [0, 0.1) is 0 Å². The highest BCUT2D eigenvalue weighted by Crippen LogP contribution is 2.22. The standard InChI is InChI=1S/C18H25NO3/c1-13(10-11-20)19-18(22)9-8-17(21)16-7-6-14-4-2-3-5-15(14)12-16/h6-7,12-13,20H,2-5,8-11H2,1H3,(H,19,22). The van der Waals surface area contributed by atoms with E-state index < -0.39 is 0 Å². The van der Waals surface area contributed by atoms with E-state index in [2.05, 4.69) is 11.4 Å². The first-order valence-corrected chi connectivity index (χ1v) is 8.15. The largest absolute Gasteiger partial charge is 0.396 e. The van der Waals surface area contributed by atoms with E-state index in [9.17, 15) is 9.59 Å². The summed E-state index contributed by atoms with van der Waals surface area (Å²) in [6.07, 6.45) is 5.54. The number of aliphatic hydroxyl groups excluding tert-OH is 1. The van der Waals surface area contributed by atoms with E-state index in [1.54, 1.807) is 0 Å². The molecule has 0 fully saturated rings. The van der Waals surface area contributed by atoms with Crippen molar-refractivity contribution >= 4 is 11.7 Å². The highest BCUT2D eigenvalue weighted by atomic mass is 16.3. The molecule has 4 nitrogen and oxygen atoms in total. The van der Waals surface area contributed by atoms with E-state index in [4.69, 9.17) is 5.11 Å². The summed E-state index contributed by atoms with van der Waals surface area (Å²) in [5, 5.41) is 11.6. The molecular weight excluding hydrogens is 278 g/mol. The summed E-state index contributed by atoms with van der Waals surface area (Å²) in [6, 6.07) is 5.89. The van der Waals surface area contributed by atoms with Crippen molar-refractivity contribution < 1.29 is 14.7 Å². The van der Waals surface area contributed by atoms with Gasteiger partial charge in [0, 0.05) is 31.1 Å². The molecule has 1 atom stereocenters. The molecule has 0 saturated carbocycles. The van der Waals surface area contributed by atoms with E-state index in [-0.39, 0.29) is 37.2 Å². The molecule has 2 rings (SSSR count). The van der Waals surface area contributed by atoms with Gasteiger partial charge in [-0.15, -0.1) is 0 Å². The summed E-state index contributed by atoms with van der Waals surface area (Å²) in [4.78, 5) is 24.0. The van der Waals surface area contributed by atoms with Crippen LogP contribution in [0.15, 0.2) is 18.2 Å². The fourth-order valence-corrected chi connectivity index (χ4v) is 2.89. The first-order valence-electron chi connectivity index (χ1n) is 8.15. The van der Waals surface area contributed by atoms with E-state index in [0.29, 0.717) is 6.42 Å².